The molecule has 0 aromatic heterocycles. The normalized spacial score (nSPS) is 18.1. The summed E-state index contributed by atoms with van der Waals surface area (Å²) >= 11 is 0. The molecule has 0 atom stereocenters. The largest absolute Gasteiger partial charge is 0.493 e. The number of carbonyl (C=O) groups is 1. The molecule has 2 aromatic rings. The number of hydrogen-bond donors (Lipinski definition) is 0. The highest BCUT2D eigenvalue weighted by Gasteiger charge is 2.20. The Morgan fingerprint density at radius 1 is 0.931 bits per heavy atom. The van der Waals surface area contributed by atoms with Crippen molar-refractivity contribution in [3.8, 4) is 17.2 Å². The van der Waals surface area contributed by atoms with Crippen LogP contribution in [-0.4, -0.2) is 55.3 Å². The van der Waals surface area contributed by atoms with Gasteiger partial charge in [-0.25, -0.2) is 0 Å². The first-order valence-corrected chi connectivity index (χ1v) is 10.1. The van der Waals surface area contributed by atoms with Gasteiger partial charge in [-0.2, -0.15) is 0 Å². The van der Waals surface area contributed by atoms with Crippen LogP contribution >= 0.6 is 0 Å². The summed E-state index contributed by atoms with van der Waals surface area (Å²) in [5, 5.41) is 0. The summed E-state index contributed by atoms with van der Waals surface area (Å²) in [4.78, 5) is 16.9. The van der Waals surface area contributed by atoms with Gasteiger partial charge in [0, 0.05) is 45.2 Å². The minimum Gasteiger partial charge on any atom is -0.493 e. The van der Waals surface area contributed by atoms with Crippen LogP contribution in [0.25, 0.3) is 6.08 Å². The second-order valence-corrected chi connectivity index (χ2v) is 7.59. The van der Waals surface area contributed by atoms with Gasteiger partial charge in [0.15, 0.2) is 11.5 Å². The molecule has 1 saturated heterocycles. The van der Waals surface area contributed by atoms with Crippen molar-refractivity contribution in [3.63, 3.8) is 0 Å². The maximum Gasteiger partial charge on any atom is 0.246 e. The van der Waals surface area contributed by atoms with Crippen molar-refractivity contribution in [1.29, 1.82) is 0 Å². The summed E-state index contributed by atoms with van der Waals surface area (Å²) in [5.41, 5.74) is 3.56. The molecule has 2 aromatic carbocycles. The lowest BCUT2D eigenvalue weighted by Crippen LogP contribution is -2.47. The molecule has 0 bridgehead atoms. The third-order valence-electron chi connectivity index (χ3n) is 5.66. The Morgan fingerprint density at radius 2 is 1.76 bits per heavy atom. The molecular formula is C23H24N2O4. The lowest BCUT2D eigenvalue weighted by Gasteiger charge is -2.34. The van der Waals surface area contributed by atoms with E-state index in [-0.39, 0.29) is 12.7 Å². The summed E-state index contributed by atoms with van der Waals surface area (Å²) in [6, 6.07) is 12.2. The van der Waals surface area contributed by atoms with Gasteiger partial charge in [-0.3, -0.25) is 9.69 Å². The summed E-state index contributed by atoms with van der Waals surface area (Å²) in [5.74, 6) is 2.56. The number of hydrogen-bond acceptors (Lipinski definition) is 5. The molecule has 0 N–H and O–H groups in total. The molecule has 0 radical (unpaired) electrons. The van der Waals surface area contributed by atoms with Gasteiger partial charge in [-0.15, -0.1) is 0 Å². The van der Waals surface area contributed by atoms with Crippen LogP contribution in [0.15, 0.2) is 42.5 Å². The van der Waals surface area contributed by atoms with Gasteiger partial charge < -0.3 is 19.1 Å². The van der Waals surface area contributed by atoms with Crippen molar-refractivity contribution in [2.24, 2.45) is 0 Å². The van der Waals surface area contributed by atoms with E-state index in [1.54, 1.807) is 6.08 Å². The molecule has 1 amide bonds. The van der Waals surface area contributed by atoms with Gasteiger partial charge >= 0.3 is 0 Å². The molecule has 6 nitrogen and oxygen atoms in total. The van der Waals surface area contributed by atoms with E-state index in [1.807, 2.05) is 29.2 Å². The van der Waals surface area contributed by atoms with Crippen molar-refractivity contribution >= 4 is 12.0 Å². The van der Waals surface area contributed by atoms with Gasteiger partial charge in [0.2, 0.25) is 12.7 Å². The molecule has 0 aliphatic carbocycles. The Hall–Kier alpha value is -2.99. The predicted molar refractivity (Wildman–Crippen MR) is 109 cm³/mol. The van der Waals surface area contributed by atoms with E-state index in [2.05, 4.69) is 23.1 Å². The lowest BCUT2D eigenvalue weighted by molar-refractivity contribution is -0.127. The molecule has 5 rings (SSSR count). The topological polar surface area (TPSA) is 51.2 Å². The van der Waals surface area contributed by atoms with Crippen molar-refractivity contribution in [2.75, 3.05) is 39.6 Å². The SMILES string of the molecule is O=C(C=Cc1ccc2c(c1)OCO2)N1CCN(Cc2ccc3c(c2)CCO3)CC1. The van der Waals surface area contributed by atoms with Gasteiger partial charge in [0.25, 0.3) is 0 Å². The Morgan fingerprint density at radius 3 is 2.66 bits per heavy atom. The van der Waals surface area contributed by atoms with E-state index in [4.69, 9.17) is 14.2 Å². The van der Waals surface area contributed by atoms with E-state index in [1.165, 1.54) is 11.1 Å². The Balaban J connectivity index is 1.14. The van der Waals surface area contributed by atoms with E-state index in [0.29, 0.717) is 0 Å². The van der Waals surface area contributed by atoms with Crippen LogP contribution in [0.1, 0.15) is 16.7 Å². The first-order valence-electron chi connectivity index (χ1n) is 10.1. The van der Waals surface area contributed by atoms with Crippen LogP contribution < -0.4 is 14.2 Å². The first-order chi connectivity index (χ1) is 14.2. The fraction of sp³-hybridized carbons (Fsp3) is 0.348. The number of nitrogens with zero attached hydrogens (tertiary/aromatic N) is 2. The number of ether oxygens (including phenoxy) is 3. The van der Waals surface area contributed by atoms with Crippen molar-refractivity contribution in [2.45, 2.75) is 13.0 Å². The zero-order valence-corrected chi connectivity index (χ0v) is 16.3. The van der Waals surface area contributed by atoms with Gasteiger partial charge in [0.05, 0.1) is 6.61 Å². The third-order valence-corrected chi connectivity index (χ3v) is 5.66. The van der Waals surface area contributed by atoms with Crippen LogP contribution in [-0.2, 0) is 17.8 Å². The third kappa shape index (κ3) is 3.93. The molecule has 3 aliphatic rings. The number of amides is 1. The fourth-order valence-electron chi connectivity index (χ4n) is 4.01. The quantitative estimate of drug-likeness (QED) is 0.749. The van der Waals surface area contributed by atoms with E-state index in [9.17, 15) is 4.79 Å². The maximum absolute atomic E-state index is 12.5. The summed E-state index contributed by atoms with van der Waals surface area (Å²) in [6.45, 7) is 5.23. The second kappa shape index (κ2) is 7.79. The average Bonchev–Trinajstić information content (AvgIpc) is 3.41. The summed E-state index contributed by atoms with van der Waals surface area (Å²) < 4.78 is 16.3. The number of rotatable bonds is 4. The highest BCUT2D eigenvalue weighted by atomic mass is 16.7. The summed E-state index contributed by atoms with van der Waals surface area (Å²) in [6.07, 6.45) is 4.48. The molecule has 0 saturated carbocycles. The highest BCUT2D eigenvalue weighted by Crippen LogP contribution is 2.32. The number of piperazine rings is 1. The van der Waals surface area contributed by atoms with Gasteiger partial charge in [-0.1, -0.05) is 18.2 Å². The number of benzene rings is 2. The van der Waals surface area contributed by atoms with E-state index < -0.39 is 0 Å². The minimum absolute atomic E-state index is 0.0528. The van der Waals surface area contributed by atoms with Crippen LogP contribution in [0, 0.1) is 0 Å². The van der Waals surface area contributed by atoms with Gasteiger partial charge in [-0.05, 0) is 41.0 Å². The molecular weight excluding hydrogens is 368 g/mol. The minimum atomic E-state index is 0.0528. The molecule has 150 valence electrons. The van der Waals surface area contributed by atoms with Crippen LogP contribution in [0.5, 0.6) is 17.2 Å². The molecule has 0 spiro atoms. The molecule has 3 heterocycles. The molecule has 1 fully saturated rings. The number of fused-ring (bicyclic) bond motifs is 2. The first kappa shape index (κ1) is 18.1. The molecule has 29 heavy (non-hydrogen) atoms. The highest BCUT2D eigenvalue weighted by molar-refractivity contribution is 5.92. The zero-order chi connectivity index (χ0) is 19.6. The Labute approximate surface area is 170 Å². The van der Waals surface area contributed by atoms with E-state index in [0.717, 1.165) is 68.6 Å². The fourth-order valence-corrected chi connectivity index (χ4v) is 4.01. The van der Waals surface area contributed by atoms with Crippen LogP contribution in [0.3, 0.4) is 0 Å². The standard InChI is InChI=1S/C23H24N2O4/c26-23(6-3-17-1-5-21-22(14-17)29-16-28-21)25-10-8-24(9-11-25)15-18-2-4-20-19(13-18)7-12-27-20/h1-6,13-14H,7-12,15-16H2. The summed E-state index contributed by atoms with van der Waals surface area (Å²) in [7, 11) is 0. The van der Waals surface area contributed by atoms with Crippen LogP contribution in [0.2, 0.25) is 0 Å². The lowest BCUT2D eigenvalue weighted by atomic mass is 10.1. The van der Waals surface area contributed by atoms with Crippen molar-refractivity contribution in [1.82, 2.24) is 9.80 Å². The average molecular weight is 392 g/mol. The molecule has 3 aliphatic heterocycles. The zero-order valence-electron chi connectivity index (χ0n) is 16.3. The Kier molecular flexibility index (Phi) is 4.86. The maximum atomic E-state index is 12.5. The molecule has 0 unspecified atom stereocenters. The second-order valence-electron chi connectivity index (χ2n) is 7.59. The van der Waals surface area contributed by atoms with Crippen molar-refractivity contribution in [3.05, 3.63) is 59.2 Å². The molecule has 6 heteroatoms. The number of carbonyl (C=O) groups excluding carboxylic acids is 1. The van der Waals surface area contributed by atoms with Gasteiger partial charge in [0.1, 0.15) is 5.75 Å². The van der Waals surface area contributed by atoms with Crippen molar-refractivity contribution < 1.29 is 19.0 Å². The smallest absolute Gasteiger partial charge is 0.246 e. The van der Waals surface area contributed by atoms with Crippen LogP contribution in [0.4, 0.5) is 0 Å². The monoisotopic (exact) mass is 392 g/mol. The predicted octanol–water partition coefficient (Wildman–Crippen LogP) is 2.71. The van der Waals surface area contributed by atoms with E-state index >= 15 is 0 Å². The Bertz CT molecular complexity index is 948.